The molecule has 3 heterocycles. The molecule has 3 fully saturated rings. The van der Waals surface area contributed by atoms with Gasteiger partial charge in [-0.3, -0.25) is 14.3 Å². The maximum atomic E-state index is 12.3. The first kappa shape index (κ1) is 19.4. The molecule has 4 rings (SSSR count). The molecular weight excluding hydrogens is 358 g/mol. The van der Waals surface area contributed by atoms with Crippen LogP contribution in [0.3, 0.4) is 0 Å². The molecule has 0 radical (unpaired) electrons. The van der Waals surface area contributed by atoms with E-state index in [1.165, 1.54) is 32.2 Å². The fourth-order valence-electron chi connectivity index (χ4n) is 4.20. The summed E-state index contributed by atoms with van der Waals surface area (Å²) in [6.45, 7) is 5.44. The lowest BCUT2D eigenvalue weighted by Gasteiger charge is -2.38. The minimum absolute atomic E-state index is 0.0645. The van der Waals surface area contributed by atoms with E-state index in [-0.39, 0.29) is 24.5 Å². The van der Waals surface area contributed by atoms with E-state index < -0.39 is 0 Å². The summed E-state index contributed by atoms with van der Waals surface area (Å²) in [5, 5.41) is 6.91. The SMILES string of the molecule is Cn1nccc1C(=O)NCC1CN(CC2CCN(CC3CC3)CC2)C(=O)CO1. The van der Waals surface area contributed by atoms with E-state index in [0.717, 1.165) is 25.6 Å². The monoisotopic (exact) mass is 389 g/mol. The van der Waals surface area contributed by atoms with Gasteiger partial charge >= 0.3 is 0 Å². The highest BCUT2D eigenvalue weighted by Crippen LogP contribution is 2.31. The molecule has 1 unspecified atom stereocenters. The van der Waals surface area contributed by atoms with Gasteiger partial charge < -0.3 is 19.9 Å². The van der Waals surface area contributed by atoms with E-state index >= 15 is 0 Å². The summed E-state index contributed by atoms with van der Waals surface area (Å²) in [5.41, 5.74) is 0.515. The number of carbonyl (C=O) groups is 2. The van der Waals surface area contributed by atoms with Crippen molar-refractivity contribution in [3.8, 4) is 0 Å². The molecule has 0 bridgehead atoms. The van der Waals surface area contributed by atoms with Crippen LogP contribution in [-0.2, 0) is 16.6 Å². The van der Waals surface area contributed by atoms with E-state index in [2.05, 4.69) is 15.3 Å². The highest BCUT2D eigenvalue weighted by Gasteiger charge is 2.31. The van der Waals surface area contributed by atoms with E-state index in [1.54, 1.807) is 24.0 Å². The number of nitrogens with zero attached hydrogens (tertiary/aromatic N) is 4. The first-order valence-electron chi connectivity index (χ1n) is 10.5. The number of hydrogen-bond acceptors (Lipinski definition) is 5. The third-order valence-corrected chi connectivity index (χ3v) is 6.16. The number of aryl methyl sites for hydroxylation is 1. The van der Waals surface area contributed by atoms with Crippen LogP contribution in [0.25, 0.3) is 0 Å². The van der Waals surface area contributed by atoms with E-state index in [4.69, 9.17) is 4.74 Å². The average molecular weight is 390 g/mol. The third kappa shape index (κ3) is 4.91. The summed E-state index contributed by atoms with van der Waals surface area (Å²) in [4.78, 5) is 29.0. The molecule has 8 nitrogen and oxygen atoms in total. The molecule has 28 heavy (non-hydrogen) atoms. The zero-order valence-electron chi connectivity index (χ0n) is 16.7. The minimum atomic E-state index is -0.171. The van der Waals surface area contributed by atoms with Crippen LogP contribution in [0.15, 0.2) is 12.3 Å². The summed E-state index contributed by atoms with van der Waals surface area (Å²) in [6, 6.07) is 1.68. The van der Waals surface area contributed by atoms with E-state index in [1.807, 2.05) is 4.90 Å². The maximum Gasteiger partial charge on any atom is 0.269 e. The molecule has 1 saturated carbocycles. The van der Waals surface area contributed by atoms with Crippen LogP contribution in [0.2, 0.25) is 0 Å². The quantitative estimate of drug-likeness (QED) is 0.735. The lowest BCUT2D eigenvalue weighted by molar-refractivity contribution is -0.149. The topological polar surface area (TPSA) is 79.7 Å². The van der Waals surface area contributed by atoms with Gasteiger partial charge in [-0.2, -0.15) is 5.10 Å². The van der Waals surface area contributed by atoms with Crippen molar-refractivity contribution >= 4 is 11.8 Å². The summed E-state index contributed by atoms with van der Waals surface area (Å²) < 4.78 is 7.18. The molecule has 0 aromatic carbocycles. The Bertz CT molecular complexity index is 694. The molecule has 1 N–H and O–H groups in total. The molecule has 2 saturated heterocycles. The van der Waals surface area contributed by atoms with Gasteiger partial charge in [0.15, 0.2) is 0 Å². The average Bonchev–Trinajstić information content (AvgIpc) is 3.41. The number of ether oxygens (including phenoxy) is 1. The number of morpholine rings is 1. The van der Waals surface area contributed by atoms with E-state index in [9.17, 15) is 9.59 Å². The zero-order valence-corrected chi connectivity index (χ0v) is 16.7. The number of piperidine rings is 1. The number of nitrogens with one attached hydrogen (secondary N) is 1. The Kier molecular flexibility index (Phi) is 5.96. The zero-order chi connectivity index (χ0) is 19.5. The predicted octanol–water partition coefficient (Wildman–Crippen LogP) is 0.499. The minimum Gasteiger partial charge on any atom is -0.365 e. The highest BCUT2D eigenvalue weighted by molar-refractivity contribution is 5.92. The van der Waals surface area contributed by atoms with Gasteiger partial charge in [0, 0.05) is 39.4 Å². The van der Waals surface area contributed by atoms with Crippen LogP contribution >= 0.6 is 0 Å². The predicted molar refractivity (Wildman–Crippen MR) is 104 cm³/mol. The standard InChI is InChI=1S/C20H31N5O3/c1-23-18(4-7-22-23)20(27)21-10-17-13-25(19(26)14-28-17)12-16-5-8-24(9-6-16)11-15-2-3-15/h4,7,15-17H,2-3,5-6,8-14H2,1H3,(H,21,27). The lowest BCUT2D eigenvalue weighted by Crippen LogP contribution is -2.52. The Morgan fingerprint density at radius 1 is 1.21 bits per heavy atom. The first-order chi connectivity index (χ1) is 13.6. The van der Waals surface area contributed by atoms with Crippen LogP contribution < -0.4 is 5.32 Å². The van der Waals surface area contributed by atoms with Gasteiger partial charge in [0.25, 0.3) is 5.91 Å². The van der Waals surface area contributed by atoms with Gasteiger partial charge in [0.1, 0.15) is 12.3 Å². The smallest absolute Gasteiger partial charge is 0.269 e. The van der Waals surface area contributed by atoms with Crippen LogP contribution in [0.4, 0.5) is 0 Å². The van der Waals surface area contributed by atoms with Crippen molar-refractivity contribution in [3.05, 3.63) is 18.0 Å². The summed E-state index contributed by atoms with van der Waals surface area (Å²) >= 11 is 0. The molecule has 1 atom stereocenters. The number of hydrogen-bond donors (Lipinski definition) is 1. The molecule has 0 spiro atoms. The van der Waals surface area contributed by atoms with Gasteiger partial charge in [0.05, 0.1) is 6.10 Å². The van der Waals surface area contributed by atoms with Crippen molar-refractivity contribution in [1.82, 2.24) is 24.9 Å². The number of carbonyl (C=O) groups excluding carboxylic acids is 2. The fraction of sp³-hybridized carbons (Fsp3) is 0.750. The largest absolute Gasteiger partial charge is 0.365 e. The van der Waals surface area contributed by atoms with Gasteiger partial charge in [0.2, 0.25) is 5.91 Å². The van der Waals surface area contributed by atoms with Crippen LogP contribution in [-0.4, -0.2) is 83.4 Å². The second-order valence-electron chi connectivity index (χ2n) is 8.47. The summed E-state index contributed by atoms with van der Waals surface area (Å²) in [6.07, 6.45) is 6.58. The molecule has 1 aliphatic carbocycles. The molecule has 154 valence electrons. The third-order valence-electron chi connectivity index (χ3n) is 6.16. The maximum absolute atomic E-state index is 12.3. The van der Waals surface area contributed by atoms with Gasteiger partial charge in [-0.05, 0) is 56.7 Å². The molecular formula is C20H31N5O3. The summed E-state index contributed by atoms with van der Waals surface area (Å²) in [5.74, 6) is 1.41. The van der Waals surface area contributed by atoms with Crippen molar-refractivity contribution in [3.63, 3.8) is 0 Å². The number of aromatic nitrogens is 2. The number of likely N-dealkylation sites (tertiary alicyclic amines) is 1. The fourth-order valence-corrected chi connectivity index (χ4v) is 4.20. The normalized spacial score (nSPS) is 24.5. The Hall–Kier alpha value is -1.93. The molecule has 2 aliphatic heterocycles. The molecule has 2 amide bonds. The van der Waals surface area contributed by atoms with Crippen molar-refractivity contribution in [2.24, 2.45) is 18.9 Å². The molecule has 8 heteroatoms. The number of rotatable bonds is 7. The van der Waals surface area contributed by atoms with E-state index in [0.29, 0.717) is 24.7 Å². The Labute approximate surface area is 166 Å². The molecule has 3 aliphatic rings. The lowest BCUT2D eigenvalue weighted by atomic mass is 9.95. The Morgan fingerprint density at radius 3 is 2.64 bits per heavy atom. The van der Waals surface area contributed by atoms with Crippen molar-refractivity contribution < 1.29 is 14.3 Å². The van der Waals surface area contributed by atoms with Crippen LogP contribution in [0.5, 0.6) is 0 Å². The first-order valence-corrected chi connectivity index (χ1v) is 10.5. The second kappa shape index (κ2) is 8.61. The Morgan fingerprint density at radius 2 is 1.96 bits per heavy atom. The Balaban J connectivity index is 1.21. The summed E-state index contributed by atoms with van der Waals surface area (Å²) in [7, 11) is 1.74. The second-order valence-corrected chi connectivity index (χ2v) is 8.47. The van der Waals surface area contributed by atoms with Crippen molar-refractivity contribution in [2.45, 2.75) is 31.8 Å². The number of amides is 2. The molecule has 1 aromatic heterocycles. The van der Waals surface area contributed by atoms with Gasteiger partial charge in [-0.15, -0.1) is 0 Å². The van der Waals surface area contributed by atoms with Gasteiger partial charge in [-0.1, -0.05) is 0 Å². The van der Waals surface area contributed by atoms with Crippen molar-refractivity contribution in [1.29, 1.82) is 0 Å². The molecule has 1 aromatic rings. The van der Waals surface area contributed by atoms with Crippen LogP contribution in [0, 0.1) is 11.8 Å². The van der Waals surface area contributed by atoms with Crippen LogP contribution in [0.1, 0.15) is 36.2 Å². The highest BCUT2D eigenvalue weighted by atomic mass is 16.5. The van der Waals surface area contributed by atoms with Crippen molar-refractivity contribution in [2.75, 3.05) is 45.9 Å². The van der Waals surface area contributed by atoms with Gasteiger partial charge in [-0.25, -0.2) is 0 Å².